The first-order valence-corrected chi connectivity index (χ1v) is 9.01. The lowest BCUT2D eigenvalue weighted by molar-refractivity contribution is -0.113. The minimum atomic E-state index is -0.443. The van der Waals surface area contributed by atoms with E-state index in [1.54, 1.807) is 23.1 Å². The van der Waals surface area contributed by atoms with Crippen LogP contribution in [0.15, 0.2) is 78.9 Å². The summed E-state index contributed by atoms with van der Waals surface area (Å²) < 4.78 is 13.9. The number of rotatable bonds is 4. The van der Waals surface area contributed by atoms with Crippen molar-refractivity contribution >= 4 is 23.0 Å². The summed E-state index contributed by atoms with van der Waals surface area (Å²) in [6, 6.07) is 20.9. The summed E-state index contributed by atoms with van der Waals surface area (Å²) in [5.74, 6) is -1.02. The Morgan fingerprint density at radius 2 is 1.71 bits per heavy atom. The van der Waals surface area contributed by atoms with E-state index in [1.807, 2.05) is 49.4 Å². The van der Waals surface area contributed by atoms with Crippen LogP contribution in [0.3, 0.4) is 0 Å². The number of hydrogen-bond donors (Lipinski definition) is 0. The van der Waals surface area contributed by atoms with Gasteiger partial charge in [-0.1, -0.05) is 60.2 Å². The van der Waals surface area contributed by atoms with Crippen LogP contribution in [-0.4, -0.2) is 11.7 Å². The maximum atomic E-state index is 13.9. The molecule has 0 N–H and O–H groups in total. The number of amides is 1. The lowest BCUT2D eigenvalue weighted by Gasteiger charge is -2.17. The second kappa shape index (κ2) is 7.24. The maximum absolute atomic E-state index is 13.9. The van der Waals surface area contributed by atoms with Crippen LogP contribution in [0, 0.1) is 12.7 Å². The van der Waals surface area contributed by atoms with Gasteiger partial charge < -0.3 is 4.90 Å². The number of fused-ring (bicyclic) bond motifs is 1. The van der Waals surface area contributed by atoms with Crippen LogP contribution in [0.25, 0.3) is 5.57 Å². The Labute approximate surface area is 162 Å². The van der Waals surface area contributed by atoms with Crippen molar-refractivity contribution in [2.24, 2.45) is 0 Å². The van der Waals surface area contributed by atoms with Crippen LogP contribution in [-0.2, 0) is 11.3 Å². The van der Waals surface area contributed by atoms with Gasteiger partial charge in [-0.25, -0.2) is 4.39 Å². The van der Waals surface area contributed by atoms with E-state index in [2.05, 4.69) is 0 Å². The number of hydrogen-bond acceptors (Lipinski definition) is 2. The molecule has 4 rings (SSSR count). The van der Waals surface area contributed by atoms with Crippen molar-refractivity contribution in [2.45, 2.75) is 13.5 Å². The number of nitrogens with zero attached hydrogens (tertiary/aromatic N) is 1. The Hall–Kier alpha value is -3.53. The Balaban J connectivity index is 1.73. The standard InChI is InChI=1S/C24H18FNO2/c1-16-7-9-18(10-8-16)23(27)14-21-20-13-19(25)11-12-22(20)26(24(21)28)15-17-5-3-2-4-6-17/h2-14H,15H2,1H3. The number of ketones is 1. The molecular weight excluding hydrogens is 353 g/mol. The highest BCUT2D eigenvalue weighted by atomic mass is 19.1. The van der Waals surface area contributed by atoms with Gasteiger partial charge >= 0.3 is 0 Å². The predicted octanol–water partition coefficient (Wildman–Crippen LogP) is 4.95. The van der Waals surface area contributed by atoms with E-state index < -0.39 is 5.82 Å². The van der Waals surface area contributed by atoms with Crippen molar-refractivity contribution in [2.75, 3.05) is 4.90 Å². The minimum Gasteiger partial charge on any atom is -0.303 e. The summed E-state index contributed by atoms with van der Waals surface area (Å²) in [6.45, 7) is 2.29. The van der Waals surface area contributed by atoms with Gasteiger partial charge in [0.2, 0.25) is 0 Å². The first kappa shape index (κ1) is 17.9. The number of halogens is 1. The first-order chi connectivity index (χ1) is 13.5. The zero-order valence-electron chi connectivity index (χ0n) is 15.4. The average Bonchev–Trinajstić information content (AvgIpc) is 2.94. The maximum Gasteiger partial charge on any atom is 0.259 e. The van der Waals surface area contributed by atoms with E-state index in [0.717, 1.165) is 11.1 Å². The van der Waals surface area contributed by atoms with E-state index in [0.29, 0.717) is 23.4 Å². The molecule has 138 valence electrons. The zero-order valence-corrected chi connectivity index (χ0v) is 15.4. The van der Waals surface area contributed by atoms with Crippen molar-refractivity contribution in [3.8, 4) is 0 Å². The van der Waals surface area contributed by atoms with Crippen LogP contribution in [0.1, 0.15) is 27.0 Å². The molecule has 1 aliphatic heterocycles. The molecule has 0 unspecified atom stereocenters. The monoisotopic (exact) mass is 371 g/mol. The molecule has 0 bridgehead atoms. The summed E-state index contributed by atoms with van der Waals surface area (Å²) in [5, 5.41) is 0. The number of allylic oxidation sites excluding steroid dienone is 1. The molecule has 0 spiro atoms. The topological polar surface area (TPSA) is 37.4 Å². The molecule has 0 fully saturated rings. The van der Waals surface area contributed by atoms with Crippen molar-refractivity contribution < 1.29 is 14.0 Å². The molecule has 0 atom stereocenters. The molecule has 0 radical (unpaired) electrons. The summed E-state index contributed by atoms with van der Waals surface area (Å²) >= 11 is 0. The van der Waals surface area contributed by atoms with E-state index >= 15 is 0 Å². The smallest absolute Gasteiger partial charge is 0.259 e. The van der Waals surface area contributed by atoms with Gasteiger partial charge in [0.15, 0.2) is 5.78 Å². The second-order valence-electron chi connectivity index (χ2n) is 6.83. The van der Waals surface area contributed by atoms with Crippen LogP contribution < -0.4 is 4.90 Å². The predicted molar refractivity (Wildman–Crippen MR) is 108 cm³/mol. The van der Waals surface area contributed by atoms with Crippen LogP contribution in [0.5, 0.6) is 0 Å². The van der Waals surface area contributed by atoms with Gasteiger partial charge in [0, 0.05) is 11.1 Å². The number of anilines is 1. The molecule has 0 aliphatic carbocycles. The number of benzene rings is 3. The lowest BCUT2D eigenvalue weighted by Crippen LogP contribution is -2.25. The van der Waals surface area contributed by atoms with Crippen molar-refractivity contribution in [3.63, 3.8) is 0 Å². The Kier molecular flexibility index (Phi) is 4.62. The van der Waals surface area contributed by atoms with E-state index in [9.17, 15) is 14.0 Å². The third-order valence-electron chi connectivity index (χ3n) is 4.81. The largest absolute Gasteiger partial charge is 0.303 e. The molecule has 0 saturated heterocycles. The quantitative estimate of drug-likeness (QED) is 0.481. The van der Waals surface area contributed by atoms with E-state index in [1.165, 1.54) is 18.2 Å². The second-order valence-corrected chi connectivity index (χ2v) is 6.83. The van der Waals surface area contributed by atoms with E-state index in [-0.39, 0.29) is 17.3 Å². The van der Waals surface area contributed by atoms with E-state index in [4.69, 9.17) is 0 Å². The highest BCUT2D eigenvalue weighted by molar-refractivity contribution is 6.35. The molecule has 4 heteroatoms. The third kappa shape index (κ3) is 3.37. The Bertz CT molecular complexity index is 1090. The molecule has 1 heterocycles. The molecule has 0 aromatic heterocycles. The van der Waals surface area contributed by atoms with Gasteiger partial charge in [0.25, 0.3) is 5.91 Å². The number of carbonyl (C=O) groups is 2. The fourth-order valence-corrected chi connectivity index (χ4v) is 3.32. The normalized spacial score (nSPS) is 14.4. The molecule has 0 saturated carbocycles. The fourth-order valence-electron chi connectivity index (χ4n) is 3.32. The third-order valence-corrected chi connectivity index (χ3v) is 4.81. The van der Waals surface area contributed by atoms with Crippen LogP contribution in [0.2, 0.25) is 0 Å². The van der Waals surface area contributed by atoms with Gasteiger partial charge in [0.1, 0.15) is 5.82 Å². The first-order valence-electron chi connectivity index (χ1n) is 9.01. The molecule has 28 heavy (non-hydrogen) atoms. The highest BCUT2D eigenvalue weighted by Gasteiger charge is 2.33. The summed E-state index contributed by atoms with van der Waals surface area (Å²) in [5.41, 5.74) is 3.76. The summed E-state index contributed by atoms with van der Waals surface area (Å²) in [4.78, 5) is 27.3. The number of aryl methyl sites for hydroxylation is 1. The Morgan fingerprint density at radius 3 is 2.43 bits per heavy atom. The van der Waals surface area contributed by atoms with Gasteiger partial charge in [-0.2, -0.15) is 0 Å². The Morgan fingerprint density at radius 1 is 1.00 bits per heavy atom. The highest BCUT2D eigenvalue weighted by Crippen LogP contribution is 2.38. The fraction of sp³-hybridized carbons (Fsp3) is 0.0833. The van der Waals surface area contributed by atoms with Crippen LogP contribution in [0.4, 0.5) is 10.1 Å². The van der Waals surface area contributed by atoms with Gasteiger partial charge in [-0.15, -0.1) is 0 Å². The molecular formula is C24H18FNO2. The molecule has 3 nitrogen and oxygen atoms in total. The molecule has 3 aromatic rings. The van der Waals surface area contributed by atoms with Gasteiger partial charge in [0.05, 0.1) is 17.8 Å². The summed E-state index contributed by atoms with van der Waals surface area (Å²) in [6.07, 6.45) is 1.32. The molecule has 3 aromatic carbocycles. The summed E-state index contributed by atoms with van der Waals surface area (Å²) in [7, 11) is 0. The average molecular weight is 371 g/mol. The van der Waals surface area contributed by atoms with Gasteiger partial charge in [-0.3, -0.25) is 9.59 Å². The molecule has 1 aliphatic rings. The minimum absolute atomic E-state index is 0.219. The zero-order chi connectivity index (χ0) is 19.7. The van der Waals surface area contributed by atoms with Crippen molar-refractivity contribution in [3.05, 3.63) is 107 Å². The number of carbonyl (C=O) groups excluding carboxylic acids is 2. The van der Waals surface area contributed by atoms with Crippen molar-refractivity contribution in [1.82, 2.24) is 0 Å². The molecule has 1 amide bonds. The lowest BCUT2D eigenvalue weighted by atomic mass is 10.0. The SMILES string of the molecule is Cc1ccc(C(=O)C=C2C(=O)N(Cc3ccccc3)c3ccc(F)cc32)cc1. The van der Waals surface area contributed by atoms with Crippen LogP contribution >= 0.6 is 0 Å². The van der Waals surface area contributed by atoms with Crippen molar-refractivity contribution in [1.29, 1.82) is 0 Å². The van der Waals surface area contributed by atoms with Gasteiger partial charge in [-0.05, 0) is 36.8 Å².